The van der Waals surface area contributed by atoms with E-state index in [2.05, 4.69) is 12.1 Å². The number of phenolic OH excluding ortho intramolecular Hbond substituents is 1. The molecule has 0 unspecified atom stereocenters. The molecule has 3 aromatic carbocycles. The van der Waals surface area contributed by atoms with Gasteiger partial charge < -0.3 is 20.0 Å². The molecule has 40 heavy (non-hydrogen) atoms. The lowest BCUT2D eigenvalue weighted by atomic mass is 9.78. The Kier molecular flexibility index (Phi) is 10.5. The van der Waals surface area contributed by atoms with E-state index in [1.807, 2.05) is 118 Å². The van der Waals surface area contributed by atoms with Crippen LogP contribution in [0, 0.1) is 0 Å². The highest BCUT2D eigenvalue weighted by molar-refractivity contribution is 5.96. The molecule has 0 saturated carbocycles. The van der Waals surface area contributed by atoms with E-state index in [1.54, 1.807) is 0 Å². The number of aromatic hydroxyl groups is 1. The molecule has 0 radical (unpaired) electrons. The first-order chi connectivity index (χ1) is 17.8. The Bertz CT molecular complexity index is 1470. The Balaban J connectivity index is 0.00000280. The number of ketones is 1. The van der Waals surface area contributed by atoms with E-state index in [-0.39, 0.29) is 53.7 Å². The van der Waals surface area contributed by atoms with Gasteiger partial charge in [-0.15, -0.1) is 24.8 Å². The number of hydrogen-bond donors (Lipinski definition) is 2. The molecule has 214 valence electrons. The van der Waals surface area contributed by atoms with Crippen molar-refractivity contribution in [2.45, 2.75) is 65.5 Å². The van der Waals surface area contributed by atoms with Crippen LogP contribution in [0.3, 0.4) is 0 Å². The molecule has 0 fully saturated rings. The summed E-state index contributed by atoms with van der Waals surface area (Å²) in [6.07, 6.45) is 3.85. The molecular weight excluding hydrogens is 543 g/mol. The number of Topliss-reactive ketones (excluding diaryl/α,β-unsaturated/α-hetero) is 1. The summed E-state index contributed by atoms with van der Waals surface area (Å²) in [5, 5.41) is 11.1. The molecule has 0 atom stereocenters. The SMILES string of the molecule is CC(C)(C)c1cc(C(=O)Cn2ccn(Cc3ccccc3)c2=Nc2ccc(N)cc2)cc(C(C)(C)C)c1O.Cl.Cl. The van der Waals surface area contributed by atoms with Gasteiger partial charge in [-0.05, 0) is 52.8 Å². The normalized spacial score (nSPS) is 12.0. The first kappa shape index (κ1) is 32.7. The van der Waals surface area contributed by atoms with Crippen molar-refractivity contribution in [2.24, 2.45) is 4.99 Å². The van der Waals surface area contributed by atoms with E-state index in [1.165, 1.54) is 0 Å². The predicted octanol–water partition coefficient (Wildman–Crippen LogP) is 7.18. The fraction of sp³-hybridized carbons (Fsp3) is 0.312. The lowest BCUT2D eigenvalue weighted by Gasteiger charge is -2.28. The lowest BCUT2D eigenvalue weighted by Crippen LogP contribution is -2.29. The van der Waals surface area contributed by atoms with Gasteiger partial charge in [-0.2, -0.15) is 0 Å². The summed E-state index contributed by atoms with van der Waals surface area (Å²) in [7, 11) is 0. The van der Waals surface area contributed by atoms with E-state index >= 15 is 0 Å². The van der Waals surface area contributed by atoms with E-state index in [4.69, 9.17) is 10.7 Å². The summed E-state index contributed by atoms with van der Waals surface area (Å²) in [6.45, 7) is 13.0. The Hall–Kier alpha value is -3.48. The fourth-order valence-corrected chi connectivity index (χ4v) is 4.46. The van der Waals surface area contributed by atoms with Crippen molar-refractivity contribution in [3.63, 3.8) is 0 Å². The second kappa shape index (κ2) is 12.8. The monoisotopic (exact) mass is 582 g/mol. The summed E-state index contributed by atoms with van der Waals surface area (Å²) >= 11 is 0. The average Bonchev–Trinajstić information content (AvgIpc) is 3.20. The second-order valence-corrected chi connectivity index (χ2v) is 11.9. The van der Waals surface area contributed by atoms with Gasteiger partial charge in [0.15, 0.2) is 5.78 Å². The summed E-state index contributed by atoms with van der Waals surface area (Å²) in [5.74, 6) is 0.222. The van der Waals surface area contributed by atoms with Crippen molar-refractivity contribution in [1.82, 2.24) is 9.13 Å². The van der Waals surface area contributed by atoms with Crippen LogP contribution in [-0.4, -0.2) is 20.0 Å². The zero-order valence-electron chi connectivity index (χ0n) is 24.0. The molecule has 0 saturated heterocycles. The quantitative estimate of drug-likeness (QED) is 0.186. The van der Waals surface area contributed by atoms with Crippen LogP contribution in [0.2, 0.25) is 0 Å². The molecule has 6 nitrogen and oxygen atoms in total. The number of phenols is 1. The first-order valence-corrected chi connectivity index (χ1v) is 12.9. The van der Waals surface area contributed by atoms with Crippen LogP contribution in [-0.2, 0) is 23.9 Å². The van der Waals surface area contributed by atoms with Gasteiger partial charge >= 0.3 is 0 Å². The maximum absolute atomic E-state index is 13.7. The number of nitrogens with two attached hydrogens (primary N) is 1. The fourth-order valence-electron chi connectivity index (χ4n) is 4.46. The Morgan fingerprint density at radius 1 is 0.825 bits per heavy atom. The summed E-state index contributed by atoms with van der Waals surface area (Å²) in [4.78, 5) is 18.6. The van der Waals surface area contributed by atoms with Crippen molar-refractivity contribution >= 4 is 42.0 Å². The van der Waals surface area contributed by atoms with Gasteiger partial charge in [0.05, 0.1) is 18.8 Å². The molecule has 0 aliphatic carbocycles. The van der Waals surface area contributed by atoms with E-state index in [9.17, 15) is 9.90 Å². The Morgan fingerprint density at radius 3 is 1.88 bits per heavy atom. The van der Waals surface area contributed by atoms with Crippen molar-refractivity contribution in [2.75, 3.05) is 5.73 Å². The minimum absolute atomic E-state index is 0. The molecule has 0 bridgehead atoms. The van der Waals surface area contributed by atoms with Crippen molar-refractivity contribution in [3.8, 4) is 5.75 Å². The maximum Gasteiger partial charge on any atom is 0.210 e. The molecule has 1 aromatic heterocycles. The zero-order valence-corrected chi connectivity index (χ0v) is 25.6. The summed E-state index contributed by atoms with van der Waals surface area (Å²) in [6, 6.07) is 21.2. The second-order valence-electron chi connectivity index (χ2n) is 11.9. The Labute approximate surface area is 249 Å². The highest BCUT2D eigenvalue weighted by Crippen LogP contribution is 2.39. The van der Waals surface area contributed by atoms with Gasteiger partial charge in [-0.25, -0.2) is 4.99 Å². The molecule has 0 amide bonds. The van der Waals surface area contributed by atoms with Crippen LogP contribution >= 0.6 is 24.8 Å². The molecule has 4 aromatic rings. The van der Waals surface area contributed by atoms with Gasteiger partial charge in [0.2, 0.25) is 5.62 Å². The number of halogens is 2. The van der Waals surface area contributed by atoms with E-state index in [0.29, 0.717) is 23.4 Å². The van der Waals surface area contributed by atoms with E-state index < -0.39 is 0 Å². The number of carbonyl (C=O) groups excluding carboxylic acids is 1. The number of benzene rings is 3. The molecular formula is C32H40Cl2N4O2. The third-order valence-corrected chi connectivity index (χ3v) is 6.62. The predicted molar refractivity (Wildman–Crippen MR) is 168 cm³/mol. The average molecular weight is 584 g/mol. The minimum Gasteiger partial charge on any atom is -0.507 e. The molecule has 4 rings (SSSR count). The minimum atomic E-state index is -0.317. The number of nitrogen functional groups attached to an aromatic ring is 1. The lowest BCUT2D eigenvalue weighted by molar-refractivity contribution is 0.0970. The summed E-state index contributed by atoms with van der Waals surface area (Å²) in [5.41, 5.74) is 10.6. The number of nitrogens with zero attached hydrogens (tertiary/aromatic N) is 3. The Morgan fingerprint density at radius 2 is 1.35 bits per heavy atom. The zero-order chi connectivity index (χ0) is 27.7. The number of rotatable bonds is 6. The molecule has 1 heterocycles. The molecule has 0 aliphatic heterocycles. The van der Waals surface area contributed by atoms with Gasteiger partial charge in [-0.3, -0.25) is 4.79 Å². The topological polar surface area (TPSA) is 85.5 Å². The van der Waals surface area contributed by atoms with Crippen molar-refractivity contribution in [1.29, 1.82) is 0 Å². The van der Waals surface area contributed by atoms with Crippen molar-refractivity contribution < 1.29 is 9.90 Å². The van der Waals surface area contributed by atoms with Gasteiger partial charge in [0, 0.05) is 34.8 Å². The molecule has 0 aliphatic rings. The van der Waals surface area contributed by atoms with Gasteiger partial charge in [0.1, 0.15) is 5.75 Å². The van der Waals surface area contributed by atoms with Crippen LogP contribution < -0.4 is 11.4 Å². The molecule has 0 spiro atoms. The van der Waals surface area contributed by atoms with Crippen LogP contribution in [0.4, 0.5) is 11.4 Å². The number of anilines is 1. The van der Waals surface area contributed by atoms with Crippen LogP contribution in [0.1, 0.15) is 68.6 Å². The van der Waals surface area contributed by atoms with Crippen molar-refractivity contribution in [3.05, 3.63) is 107 Å². The standard InChI is InChI=1S/C32H38N4O2.2ClH/c1-31(2,3)26-18-23(19-27(29(26)38)32(4,5)6)28(37)21-36-17-16-35(20-22-10-8-7-9-11-22)30(36)34-25-14-12-24(33)13-15-25;;/h7-19,38H,20-21,33H2,1-6H3;2*1H. The molecule has 3 N–H and O–H groups in total. The highest BCUT2D eigenvalue weighted by atomic mass is 35.5. The smallest absolute Gasteiger partial charge is 0.210 e. The largest absolute Gasteiger partial charge is 0.507 e. The number of aromatic nitrogens is 2. The van der Waals surface area contributed by atoms with Crippen LogP contribution in [0.15, 0.2) is 84.1 Å². The first-order valence-electron chi connectivity index (χ1n) is 12.9. The third-order valence-electron chi connectivity index (χ3n) is 6.62. The third kappa shape index (κ3) is 7.58. The highest BCUT2D eigenvalue weighted by Gasteiger charge is 2.28. The number of carbonyl (C=O) groups is 1. The maximum atomic E-state index is 13.7. The van der Waals surface area contributed by atoms with Gasteiger partial charge in [0.25, 0.3) is 0 Å². The summed E-state index contributed by atoms with van der Waals surface area (Å²) < 4.78 is 3.92. The molecule has 8 heteroatoms. The van der Waals surface area contributed by atoms with Gasteiger partial charge in [-0.1, -0.05) is 71.9 Å². The number of hydrogen-bond acceptors (Lipinski definition) is 4. The van der Waals surface area contributed by atoms with E-state index in [0.717, 1.165) is 22.4 Å². The van der Waals surface area contributed by atoms with Crippen LogP contribution in [0.25, 0.3) is 0 Å². The van der Waals surface area contributed by atoms with Crippen LogP contribution in [0.5, 0.6) is 5.75 Å². The number of imidazole rings is 1.